The summed E-state index contributed by atoms with van der Waals surface area (Å²) in [6, 6.07) is 0. The van der Waals surface area contributed by atoms with Gasteiger partial charge in [-0.3, -0.25) is 0 Å². The summed E-state index contributed by atoms with van der Waals surface area (Å²) in [5.74, 6) is 0. The molecule has 0 amide bonds. The highest BCUT2D eigenvalue weighted by Gasteiger charge is 2.03. The van der Waals surface area contributed by atoms with E-state index in [0.29, 0.717) is 4.48 Å². The van der Waals surface area contributed by atoms with Crippen molar-refractivity contribution < 1.29 is 8.78 Å². The monoisotopic (exact) mass is 196 g/mol. The molecular formula is C6H7BrF2. The first-order chi connectivity index (χ1) is 4.04. The van der Waals surface area contributed by atoms with E-state index in [9.17, 15) is 8.78 Å². The van der Waals surface area contributed by atoms with Crippen LogP contribution in [0.2, 0.25) is 0 Å². The molecule has 0 atom stereocenters. The molecule has 0 nitrogen and oxygen atoms in total. The van der Waals surface area contributed by atoms with Crippen LogP contribution in [-0.2, 0) is 0 Å². The maximum atomic E-state index is 11.6. The van der Waals surface area contributed by atoms with Crippen LogP contribution in [0.4, 0.5) is 8.78 Å². The van der Waals surface area contributed by atoms with Crippen molar-refractivity contribution in [2.75, 3.05) is 0 Å². The van der Waals surface area contributed by atoms with Gasteiger partial charge in [0.2, 0.25) is 0 Å². The zero-order valence-electron chi connectivity index (χ0n) is 5.00. The van der Waals surface area contributed by atoms with Crippen LogP contribution in [0.5, 0.6) is 0 Å². The first-order valence-corrected chi connectivity index (χ1v) is 3.14. The molecule has 0 fully saturated rings. The molecule has 52 valence electrons. The van der Waals surface area contributed by atoms with E-state index in [1.807, 2.05) is 0 Å². The highest BCUT2D eigenvalue weighted by molar-refractivity contribution is 9.11. The summed E-state index contributed by atoms with van der Waals surface area (Å²) >= 11 is 3.01. The Balaban J connectivity index is 3.93. The molecule has 0 radical (unpaired) electrons. The lowest BCUT2D eigenvalue weighted by Crippen LogP contribution is -1.90. The second-order valence-corrected chi connectivity index (χ2v) is 2.86. The molecule has 9 heavy (non-hydrogen) atoms. The molecule has 0 heterocycles. The van der Waals surface area contributed by atoms with Gasteiger partial charge in [-0.2, -0.15) is 0 Å². The maximum absolute atomic E-state index is 11.6. The number of halogens is 3. The summed E-state index contributed by atoms with van der Waals surface area (Å²) in [4.78, 5) is 0. The van der Waals surface area contributed by atoms with E-state index in [-0.39, 0.29) is 5.57 Å². The summed E-state index contributed by atoms with van der Waals surface area (Å²) in [5.41, 5.74) is -0.163. The smallest absolute Gasteiger partial charge is 0.205 e. The molecule has 0 rings (SSSR count). The summed E-state index contributed by atoms with van der Waals surface area (Å²) < 4.78 is 23.9. The number of hydrogen-bond donors (Lipinski definition) is 0. The van der Waals surface area contributed by atoms with Gasteiger partial charge in [-0.25, -0.2) is 8.78 Å². The Morgan fingerprint density at radius 2 is 2.11 bits per heavy atom. The van der Waals surface area contributed by atoms with E-state index in [4.69, 9.17) is 0 Å². The minimum absolute atomic E-state index is 0.163. The predicted molar refractivity (Wildman–Crippen MR) is 37.8 cm³/mol. The Hall–Kier alpha value is -0.180. The largest absolute Gasteiger partial charge is 0.263 e. The molecule has 0 spiro atoms. The van der Waals surface area contributed by atoms with Gasteiger partial charge >= 0.3 is 0 Å². The molecule has 0 aromatic heterocycles. The Labute approximate surface area is 61.4 Å². The average molecular weight is 197 g/mol. The number of hydrogen-bond acceptors (Lipinski definition) is 0. The third kappa shape index (κ3) is 4.33. The molecule has 3 heteroatoms. The van der Waals surface area contributed by atoms with Crippen LogP contribution in [0.25, 0.3) is 0 Å². The molecule has 0 aliphatic carbocycles. The molecule has 0 bridgehead atoms. The van der Waals surface area contributed by atoms with Gasteiger partial charge in [0.15, 0.2) is 0 Å². The van der Waals surface area contributed by atoms with Crippen LogP contribution in [0, 0.1) is 0 Å². The zero-order chi connectivity index (χ0) is 7.44. The molecule has 0 saturated carbocycles. The van der Waals surface area contributed by atoms with Gasteiger partial charge in [0.1, 0.15) is 0 Å². The normalized spacial score (nSPS) is 12.3. The van der Waals surface area contributed by atoms with E-state index in [1.165, 1.54) is 6.08 Å². The van der Waals surface area contributed by atoms with Crippen molar-refractivity contribution in [3.05, 3.63) is 22.7 Å². The second-order valence-electron chi connectivity index (χ2n) is 1.61. The van der Waals surface area contributed by atoms with E-state index in [2.05, 4.69) is 22.5 Å². The predicted octanol–water partition coefficient (Wildman–Crippen LogP) is 3.11. The maximum Gasteiger partial charge on any atom is 0.263 e. The Kier molecular flexibility index (Phi) is 3.70. The fourth-order valence-corrected chi connectivity index (χ4v) is 0.612. The topological polar surface area (TPSA) is 0 Å². The molecule has 0 aliphatic heterocycles. The third-order valence-electron chi connectivity index (χ3n) is 0.665. The molecule has 0 aromatic carbocycles. The molecule has 0 unspecified atom stereocenters. The summed E-state index contributed by atoms with van der Waals surface area (Å²) in [7, 11) is 0. The summed E-state index contributed by atoms with van der Waals surface area (Å²) in [5, 5.41) is 0. The van der Waals surface area contributed by atoms with Crippen LogP contribution in [-0.4, -0.2) is 6.43 Å². The van der Waals surface area contributed by atoms with Crippen molar-refractivity contribution in [2.24, 2.45) is 0 Å². The van der Waals surface area contributed by atoms with Gasteiger partial charge in [0, 0.05) is 5.57 Å². The summed E-state index contributed by atoms with van der Waals surface area (Å²) in [6.07, 6.45) is -1.15. The number of alkyl halides is 2. The highest BCUT2D eigenvalue weighted by Crippen LogP contribution is 2.12. The van der Waals surface area contributed by atoms with Crippen molar-refractivity contribution in [3.63, 3.8) is 0 Å². The van der Waals surface area contributed by atoms with Gasteiger partial charge in [-0.1, -0.05) is 22.5 Å². The van der Waals surface area contributed by atoms with E-state index < -0.39 is 6.43 Å². The Morgan fingerprint density at radius 1 is 1.67 bits per heavy atom. The van der Waals surface area contributed by atoms with Crippen LogP contribution >= 0.6 is 15.9 Å². The van der Waals surface area contributed by atoms with Crippen LogP contribution in [0.1, 0.15) is 6.92 Å². The molecular weight excluding hydrogens is 190 g/mol. The van der Waals surface area contributed by atoms with Gasteiger partial charge in [0.25, 0.3) is 6.43 Å². The second kappa shape index (κ2) is 3.77. The SMILES string of the molecule is C=C(C=C(C)Br)C(F)F. The third-order valence-corrected chi connectivity index (χ3v) is 0.893. The number of rotatable bonds is 2. The molecule has 0 N–H and O–H groups in total. The first kappa shape index (κ1) is 8.82. The van der Waals surface area contributed by atoms with Crippen molar-refractivity contribution in [3.8, 4) is 0 Å². The van der Waals surface area contributed by atoms with Crippen LogP contribution in [0.15, 0.2) is 22.7 Å². The fraction of sp³-hybridized carbons (Fsp3) is 0.333. The fourth-order valence-electron chi connectivity index (χ4n) is 0.318. The highest BCUT2D eigenvalue weighted by atomic mass is 79.9. The Bertz CT molecular complexity index is 134. The van der Waals surface area contributed by atoms with Gasteiger partial charge in [-0.15, -0.1) is 0 Å². The molecule has 0 saturated heterocycles. The van der Waals surface area contributed by atoms with Crippen LogP contribution < -0.4 is 0 Å². The van der Waals surface area contributed by atoms with Gasteiger partial charge < -0.3 is 0 Å². The lowest BCUT2D eigenvalue weighted by molar-refractivity contribution is 0.194. The van der Waals surface area contributed by atoms with Crippen molar-refractivity contribution >= 4 is 15.9 Å². The quantitative estimate of drug-likeness (QED) is 0.596. The van der Waals surface area contributed by atoms with Gasteiger partial charge in [-0.05, 0) is 17.5 Å². The van der Waals surface area contributed by atoms with E-state index >= 15 is 0 Å². The van der Waals surface area contributed by atoms with Crippen LogP contribution in [0.3, 0.4) is 0 Å². The lowest BCUT2D eigenvalue weighted by Gasteiger charge is -1.95. The first-order valence-electron chi connectivity index (χ1n) is 2.34. The lowest BCUT2D eigenvalue weighted by atomic mass is 10.3. The molecule has 0 aliphatic rings. The average Bonchev–Trinajstić information content (AvgIpc) is 1.63. The minimum Gasteiger partial charge on any atom is -0.205 e. The molecule has 0 aromatic rings. The zero-order valence-corrected chi connectivity index (χ0v) is 6.58. The van der Waals surface area contributed by atoms with E-state index in [1.54, 1.807) is 6.92 Å². The van der Waals surface area contributed by atoms with E-state index in [0.717, 1.165) is 0 Å². The van der Waals surface area contributed by atoms with Crippen molar-refractivity contribution in [1.82, 2.24) is 0 Å². The van der Waals surface area contributed by atoms with Gasteiger partial charge in [0.05, 0.1) is 0 Å². The van der Waals surface area contributed by atoms with Crippen molar-refractivity contribution in [1.29, 1.82) is 0 Å². The minimum atomic E-state index is -2.45. The number of allylic oxidation sites excluding steroid dienone is 3. The summed E-state index contributed by atoms with van der Waals surface area (Å²) in [6.45, 7) is 4.81. The standard InChI is InChI=1S/C6H7BrF2/c1-4(6(8)9)3-5(2)7/h3,6H,1H2,2H3. The van der Waals surface area contributed by atoms with Crippen molar-refractivity contribution in [2.45, 2.75) is 13.3 Å². The Morgan fingerprint density at radius 3 is 2.22 bits per heavy atom.